The molecule has 0 radical (unpaired) electrons. The Kier molecular flexibility index (Phi) is 5.05. The third kappa shape index (κ3) is 3.55. The Morgan fingerprint density at radius 2 is 1.80 bits per heavy atom. The summed E-state index contributed by atoms with van der Waals surface area (Å²) in [5, 5.41) is 0.172. The largest absolute Gasteiger partial charge is 0.495 e. The molecule has 0 saturated carbocycles. The third-order valence-corrected chi connectivity index (χ3v) is 6.32. The van der Waals surface area contributed by atoms with Gasteiger partial charge in [-0.15, -0.1) is 0 Å². The van der Waals surface area contributed by atoms with E-state index in [1.165, 1.54) is 42.3 Å². The SMILES string of the molecule is COc1ccc(S(=O)(=O)Nc2ccc3c(c2)C(=O)N(C)c2ccccc2O3)cc1Cl. The zero-order chi connectivity index (χ0) is 21.5. The van der Waals surface area contributed by atoms with Gasteiger partial charge in [0.15, 0.2) is 5.75 Å². The molecule has 9 heteroatoms. The van der Waals surface area contributed by atoms with E-state index in [2.05, 4.69) is 4.72 Å². The lowest BCUT2D eigenvalue weighted by molar-refractivity contribution is 0.0993. The van der Waals surface area contributed by atoms with E-state index < -0.39 is 10.0 Å². The first-order valence-electron chi connectivity index (χ1n) is 8.85. The minimum absolute atomic E-state index is 0.0321. The number of amides is 1. The number of benzene rings is 3. The summed E-state index contributed by atoms with van der Waals surface area (Å²) in [6.07, 6.45) is 0. The molecule has 154 valence electrons. The van der Waals surface area contributed by atoms with Gasteiger partial charge in [0.2, 0.25) is 0 Å². The first-order chi connectivity index (χ1) is 14.3. The molecule has 1 N–H and O–H groups in total. The Morgan fingerprint density at radius 1 is 1.03 bits per heavy atom. The van der Waals surface area contributed by atoms with Crippen LogP contribution in [0.1, 0.15) is 10.4 Å². The van der Waals surface area contributed by atoms with E-state index in [0.29, 0.717) is 22.9 Å². The lowest BCUT2D eigenvalue weighted by Gasteiger charge is -2.16. The Hall–Kier alpha value is -3.23. The van der Waals surface area contributed by atoms with Gasteiger partial charge in [-0.25, -0.2) is 8.42 Å². The number of fused-ring (bicyclic) bond motifs is 2. The molecule has 4 rings (SSSR count). The smallest absolute Gasteiger partial charge is 0.261 e. The third-order valence-electron chi connectivity index (χ3n) is 4.65. The van der Waals surface area contributed by atoms with Crippen molar-refractivity contribution in [1.82, 2.24) is 0 Å². The van der Waals surface area contributed by atoms with Crippen LogP contribution in [0.5, 0.6) is 17.2 Å². The predicted octanol–water partition coefficient (Wildman–Crippen LogP) is 4.53. The number of ether oxygens (including phenoxy) is 2. The molecule has 30 heavy (non-hydrogen) atoms. The van der Waals surface area contributed by atoms with Crippen LogP contribution < -0.4 is 19.1 Å². The van der Waals surface area contributed by atoms with E-state index >= 15 is 0 Å². The summed E-state index contributed by atoms with van der Waals surface area (Å²) in [4.78, 5) is 14.4. The second-order valence-corrected chi connectivity index (χ2v) is 8.64. The number of anilines is 2. The standard InChI is InChI=1S/C21H17ClN2O5S/c1-24-17-5-3-4-6-20(17)29-18-9-7-13(11-15(18)21(24)25)23-30(26,27)14-8-10-19(28-2)16(22)12-14/h3-12,23H,1-2H3. The molecule has 1 amide bonds. The lowest BCUT2D eigenvalue weighted by Crippen LogP contribution is -2.25. The number of nitrogens with one attached hydrogen (secondary N) is 1. The van der Waals surface area contributed by atoms with Gasteiger partial charge in [-0.2, -0.15) is 0 Å². The van der Waals surface area contributed by atoms with Gasteiger partial charge in [-0.1, -0.05) is 23.7 Å². The van der Waals surface area contributed by atoms with Gasteiger partial charge < -0.3 is 14.4 Å². The average Bonchev–Trinajstić information content (AvgIpc) is 2.83. The van der Waals surface area contributed by atoms with Crippen molar-refractivity contribution in [2.75, 3.05) is 23.8 Å². The van der Waals surface area contributed by atoms with Crippen molar-refractivity contribution in [3.8, 4) is 17.2 Å². The highest BCUT2D eigenvalue weighted by Gasteiger charge is 2.26. The number of hydrogen-bond acceptors (Lipinski definition) is 5. The van der Waals surface area contributed by atoms with Crippen LogP contribution in [0.15, 0.2) is 65.6 Å². The number of rotatable bonds is 4. The van der Waals surface area contributed by atoms with Crippen molar-refractivity contribution in [3.63, 3.8) is 0 Å². The fourth-order valence-corrected chi connectivity index (χ4v) is 4.50. The summed E-state index contributed by atoms with van der Waals surface area (Å²) in [6.45, 7) is 0. The number of hydrogen-bond donors (Lipinski definition) is 1. The summed E-state index contributed by atoms with van der Waals surface area (Å²) < 4.78 is 39.0. The molecule has 0 aliphatic carbocycles. The molecule has 0 saturated heterocycles. The normalized spacial score (nSPS) is 13.0. The zero-order valence-corrected chi connectivity index (χ0v) is 17.6. The van der Waals surface area contributed by atoms with E-state index in [4.69, 9.17) is 21.1 Å². The molecular weight excluding hydrogens is 428 g/mol. The molecule has 7 nitrogen and oxygen atoms in total. The Morgan fingerprint density at radius 3 is 2.53 bits per heavy atom. The fraction of sp³-hybridized carbons (Fsp3) is 0.0952. The molecule has 0 aromatic heterocycles. The summed E-state index contributed by atoms with van der Waals surface area (Å²) in [7, 11) is -0.860. The molecule has 0 fully saturated rings. The van der Waals surface area contributed by atoms with Crippen LogP contribution in [-0.4, -0.2) is 28.5 Å². The lowest BCUT2D eigenvalue weighted by atomic mass is 10.1. The number of para-hydroxylation sites is 2. The van der Waals surface area contributed by atoms with E-state index in [1.807, 2.05) is 12.1 Å². The number of sulfonamides is 1. The van der Waals surface area contributed by atoms with E-state index in [0.717, 1.165) is 0 Å². The maximum Gasteiger partial charge on any atom is 0.261 e. The quantitative estimate of drug-likeness (QED) is 0.639. The molecule has 1 aliphatic rings. The van der Waals surface area contributed by atoms with Crippen LogP contribution >= 0.6 is 11.6 Å². The highest BCUT2D eigenvalue weighted by Crippen LogP contribution is 2.39. The zero-order valence-electron chi connectivity index (χ0n) is 16.0. The van der Waals surface area contributed by atoms with Gasteiger partial charge in [0, 0.05) is 12.7 Å². The van der Waals surface area contributed by atoms with Crippen LogP contribution in [-0.2, 0) is 10.0 Å². The van der Waals surface area contributed by atoms with E-state index in [9.17, 15) is 13.2 Å². The maximum absolute atomic E-state index is 12.9. The maximum atomic E-state index is 12.9. The topological polar surface area (TPSA) is 84.9 Å². The van der Waals surface area contributed by atoms with Crippen LogP contribution in [0.3, 0.4) is 0 Å². The molecule has 1 heterocycles. The summed E-state index contributed by atoms with van der Waals surface area (Å²) >= 11 is 6.05. The molecule has 3 aromatic carbocycles. The molecule has 0 bridgehead atoms. The monoisotopic (exact) mass is 444 g/mol. The first-order valence-corrected chi connectivity index (χ1v) is 10.7. The van der Waals surface area contributed by atoms with Gasteiger partial charge >= 0.3 is 0 Å². The van der Waals surface area contributed by atoms with E-state index in [1.54, 1.807) is 25.2 Å². The molecule has 0 spiro atoms. The summed E-state index contributed by atoms with van der Waals surface area (Å²) in [5.74, 6) is 0.926. The molecular formula is C21H17ClN2O5S. The minimum Gasteiger partial charge on any atom is -0.495 e. The fourth-order valence-electron chi connectivity index (χ4n) is 3.11. The van der Waals surface area contributed by atoms with Crippen molar-refractivity contribution < 1.29 is 22.7 Å². The van der Waals surface area contributed by atoms with Gasteiger partial charge in [-0.3, -0.25) is 9.52 Å². The first kappa shape index (κ1) is 20.1. The molecule has 3 aromatic rings. The second kappa shape index (κ2) is 7.55. The van der Waals surface area contributed by atoms with Crippen LogP contribution in [0.4, 0.5) is 11.4 Å². The minimum atomic E-state index is -3.94. The number of carbonyl (C=O) groups is 1. The van der Waals surface area contributed by atoms with Crippen LogP contribution in [0, 0.1) is 0 Å². The van der Waals surface area contributed by atoms with Gasteiger partial charge in [0.1, 0.15) is 11.5 Å². The van der Waals surface area contributed by atoms with Gasteiger partial charge in [-0.05, 0) is 48.5 Å². The molecule has 0 atom stereocenters. The summed E-state index contributed by atoms with van der Waals surface area (Å²) in [5.41, 5.74) is 1.08. The predicted molar refractivity (Wildman–Crippen MR) is 115 cm³/mol. The molecule has 0 unspecified atom stereocenters. The number of methoxy groups -OCH3 is 1. The highest BCUT2D eigenvalue weighted by atomic mass is 35.5. The number of nitrogens with zero attached hydrogens (tertiary/aromatic N) is 1. The van der Waals surface area contributed by atoms with Crippen molar-refractivity contribution in [2.24, 2.45) is 0 Å². The second-order valence-electron chi connectivity index (χ2n) is 6.55. The van der Waals surface area contributed by atoms with E-state index in [-0.39, 0.29) is 27.1 Å². The van der Waals surface area contributed by atoms with Gasteiger partial charge in [0.05, 0.1) is 28.3 Å². The van der Waals surface area contributed by atoms with Crippen molar-refractivity contribution >= 4 is 38.9 Å². The van der Waals surface area contributed by atoms with Crippen molar-refractivity contribution in [1.29, 1.82) is 0 Å². The van der Waals surface area contributed by atoms with Crippen LogP contribution in [0.25, 0.3) is 0 Å². The number of carbonyl (C=O) groups excluding carboxylic acids is 1. The van der Waals surface area contributed by atoms with Gasteiger partial charge in [0.25, 0.3) is 15.9 Å². The Labute approximate surface area is 178 Å². The van der Waals surface area contributed by atoms with Crippen molar-refractivity contribution in [2.45, 2.75) is 4.90 Å². The average molecular weight is 445 g/mol. The highest BCUT2D eigenvalue weighted by molar-refractivity contribution is 7.92. The molecule has 1 aliphatic heterocycles. The number of halogens is 1. The Bertz CT molecular complexity index is 1260. The van der Waals surface area contributed by atoms with Crippen molar-refractivity contribution in [3.05, 3.63) is 71.2 Å². The Balaban J connectivity index is 1.68. The van der Waals surface area contributed by atoms with Crippen LogP contribution in [0.2, 0.25) is 5.02 Å². The summed E-state index contributed by atoms with van der Waals surface area (Å²) in [6, 6.07) is 15.8.